The molecule has 0 heterocycles. The van der Waals surface area contributed by atoms with E-state index in [1.54, 1.807) is 0 Å². The van der Waals surface area contributed by atoms with Crippen molar-refractivity contribution in [3.63, 3.8) is 0 Å². The highest BCUT2D eigenvalue weighted by molar-refractivity contribution is 5.73. The van der Waals surface area contributed by atoms with Gasteiger partial charge in [0.05, 0.1) is 12.5 Å². The van der Waals surface area contributed by atoms with Crippen molar-refractivity contribution in [3.05, 3.63) is 12.2 Å². The number of ether oxygens (including phenoxy) is 1. The normalized spacial score (nSPS) is 28.5. The summed E-state index contributed by atoms with van der Waals surface area (Å²) in [6, 6.07) is 0.0214. The lowest BCUT2D eigenvalue weighted by molar-refractivity contribution is -0.148. The van der Waals surface area contributed by atoms with E-state index < -0.39 is 0 Å². The summed E-state index contributed by atoms with van der Waals surface area (Å²) in [5.74, 6) is -0.137. The Hall–Kier alpha value is -0.830. The Morgan fingerprint density at radius 3 is 3.08 bits per heavy atom. The number of hydrogen-bond acceptors (Lipinski definition) is 3. The predicted molar refractivity (Wildman–Crippen MR) is 46.5 cm³/mol. The molecule has 0 unspecified atom stereocenters. The zero-order valence-electron chi connectivity index (χ0n) is 7.32. The summed E-state index contributed by atoms with van der Waals surface area (Å²) >= 11 is 0. The maximum absolute atomic E-state index is 11.2. The molecule has 2 N–H and O–H groups in total. The highest BCUT2D eigenvalue weighted by atomic mass is 16.5. The molecule has 2 atom stereocenters. The molecule has 3 nitrogen and oxygen atoms in total. The molecule has 0 saturated heterocycles. The molecular weight excluding hydrogens is 154 g/mol. The number of hydrogen-bond donors (Lipinski definition) is 1. The lowest BCUT2D eigenvalue weighted by Crippen LogP contribution is -2.29. The minimum absolute atomic E-state index is 0.0214. The molecule has 68 valence electrons. The van der Waals surface area contributed by atoms with E-state index in [-0.39, 0.29) is 17.9 Å². The van der Waals surface area contributed by atoms with Crippen molar-refractivity contribution in [1.29, 1.82) is 0 Å². The number of carbonyl (C=O) groups is 1. The summed E-state index contributed by atoms with van der Waals surface area (Å²) in [7, 11) is 0. The quantitative estimate of drug-likeness (QED) is 0.492. The van der Waals surface area contributed by atoms with Gasteiger partial charge in [0.15, 0.2) is 0 Å². The number of carbonyl (C=O) groups excluding carboxylic acids is 1. The Bertz CT molecular complexity index is 189. The molecule has 0 amide bonds. The van der Waals surface area contributed by atoms with Crippen molar-refractivity contribution >= 4 is 5.97 Å². The molecule has 0 fully saturated rings. The Morgan fingerprint density at radius 1 is 1.75 bits per heavy atom. The van der Waals surface area contributed by atoms with E-state index >= 15 is 0 Å². The van der Waals surface area contributed by atoms with Crippen LogP contribution in [0.4, 0.5) is 0 Å². The van der Waals surface area contributed by atoms with Gasteiger partial charge in [-0.1, -0.05) is 12.2 Å². The minimum atomic E-state index is -0.114. The van der Waals surface area contributed by atoms with Gasteiger partial charge in [-0.15, -0.1) is 0 Å². The van der Waals surface area contributed by atoms with Crippen LogP contribution in [0.2, 0.25) is 0 Å². The molecule has 1 aliphatic carbocycles. The van der Waals surface area contributed by atoms with Crippen molar-refractivity contribution in [2.45, 2.75) is 25.8 Å². The third-order valence-electron chi connectivity index (χ3n) is 1.98. The smallest absolute Gasteiger partial charge is 0.309 e. The predicted octanol–water partition coefficient (Wildman–Crippen LogP) is 0.843. The second-order valence-corrected chi connectivity index (χ2v) is 3.01. The van der Waals surface area contributed by atoms with Gasteiger partial charge in [0.2, 0.25) is 0 Å². The molecule has 1 rings (SSSR count). The summed E-state index contributed by atoms with van der Waals surface area (Å²) in [4.78, 5) is 11.2. The van der Waals surface area contributed by atoms with E-state index in [1.807, 2.05) is 19.1 Å². The molecule has 0 saturated carbocycles. The number of esters is 1. The topological polar surface area (TPSA) is 52.3 Å². The van der Waals surface area contributed by atoms with Crippen LogP contribution in [0.3, 0.4) is 0 Å². The van der Waals surface area contributed by atoms with Crippen LogP contribution < -0.4 is 5.73 Å². The molecule has 3 heteroatoms. The number of allylic oxidation sites excluding steroid dienone is 1. The largest absolute Gasteiger partial charge is 0.466 e. The van der Waals surface area contributed by atoms with Crippen LogP contribution in [-0.2, 0) is 9.53 Å². The summed E-state index contributed by atoms with van der Waals surface area (Å²) in [5, 5.41) is 0. The van der Waals surface area contributed by atoms with Crippen LogP contribution in [0.5, 0.6) is 0 Å². The van der Waals surface area contributed by atoms with Gasteiger partial charge in [-0.05, 0) is 19.8 Å². The first-order valence-corrected chi connectivity index (χ1v) is 4.33. The van der Waals surface area contributed by atoms with E-state index in [9.17, 15) is 4.79 Å². The van der Waals surface area contributed by atoms with Crippen molar-refractivity contribution in [2.75, 3.05) is 6.61 Å². The van der Waals surface area contributed by atoms with Crippen LogP contribution in [0.25, 0.3) is 0 Å². The maximum Gasteiger partial charge on any atom is 0.309 e. The van der Waals surface area contributed by atoms with E-state index in [2.05, 4.69) is 0 Å². The molecular formula is C9H15NO2. The molecule has 0 aromatic carbocycles. The highest BCUT2D eigenvalue weighted by Crippen LogP contribution is 2.18. The minimum Gasteiger partial charge on any atom is -0.466 e. The standard InChI is InChI=1S/C9H15NO2/c1-2-12-9(11)7-4-3-5-8(10)6-7/h3,5,7-8H,2,4,6,10H2,1H3/t7-,8-/m1/s1. The van der Waals surface area contributed by atoms with E-state index in [0.29, 0.717) is 6.61 Å². The van der Waals surface area contributed by atoms with Crippen LogP contribution in [-0.4, -0.2) is 18.6 Å². The molecule has 0 radical (unpaired) electrons. The zero-order valence-corrected chi connectivity index (χ0v) is 7.32. The first-order chi connectivity index (χ1) is 5.74. The summed E-state index contributed by atoms with van der Waals surface area (Å²) in [6.07, 6.45) is 5.38. The van der Waals surface area contributed by atoms with E-state index in [0.717, 1.165) is 12.8 Å². The first kappa shape index (κ1) is 9.26. The van der Waals surface area contributed by atoms with Crippen molar-refractivity contribution in [1.82, 2.24) is 0 Å². The lowest BCUT2D eigenvalue weighted by Gasteiger charge is -2.20. The van der Waals surface area contributed by atoms with Crippen LogP contribution >= 0.6 is 0 Å². The summed E-state index contributed by atoms with van der Waals surface area (Å²) < 4.78 is 4.90. The molecule has 0 aromatic heterocycles. The Kier molecular flexibility index (Phi) is 3.29. The molecule has 0 aliphatic heterocycles. The molecule has 1 aliphatic rings. The van der Waals surface area contributed by atoms with Gasteiger partial charge < -0.3 is 10.5 Å². The monoisotopic (exact) mass is 169 g/mol. The Balaban J connectivity index is 2.43. The molecule has 0 aromatic rings. The van der Waals surface area contributed by atoms with Gasteiger partial charge in [-0.2, -0.15) is 0 Å². The fourth-order valence-corrected chi connectivity index (χ4v) is 1.37. The van der Waals surface area contributed by atoms with Gasteiger partial charge in [0.1, 0.15) is 0 Å². The van der Waals surface area contributed by atoms with Gasteiger partial charge in [0, 0.05) is 6.04 Å². The lowest BCUT2D eigenvalue weighted by atomic mass is 9.92. The fourth-order valence-electron chi connectivity index (χ4n) is 1.37. The van der Waals surface area contributed by atoms with Crippen molar-refractivity contribution < 1.29 is 9.53 Å². The average molecular weight is 169 g/mol. The van der Waals surface area contributed by atoms with Gasteiger partial charge >= 0.3 is 5.97 Å². The number of rotatable bonds is 2. The number of nitrogens with two attached hydrogens (primary N) is 1. The highest BCUT2D eigenvalue weighted by Gasteiger charge is 2.22. The molecule has 12 heavy (non-hydrogen) atoms. The van der Waals surface area contributed by atoms with Gasteiger partial charge in [-0.3, -0.25) is 4.79 Å². The third kappa shape index (κ3) is 2.34. The second-order valence-electron chi connectivity index (χ2n) is 3.01. The van der Waals surface area contributed by atoms with Gasteiger partial charge in [-0.25, -0.2) is 0 Å². The first-order valence-electron chi connectivity index (χ1n) is 4.33. The SMILES string of the molecule is CCOC(=O)[C@@H]1CC=C[C@@H](N)C1. The second kappa shape index (κ2) is 4.26. The van der Waals surface area contributed by atoms with Crippen molar-refractivity contribution in [3.8, 4) is 0 Å². The Labute approximate surface area is 72.6 Å². The van der Waals surface area contributed by atoms with Crippen LogP contribution in [0.15, 0.2) is 12.2 Å². The van der Waals surface area contributed by atoms with E-state index in [4.69, 9.17) is 10.5 Å². The van der Waals surface area contributed by atoms with Crippen LogP contribution in [0, 0.1) is 5.92 Å². The summed E-state index contributed by atoms with van der Waals surface area (Å²) in [5.41, 5.74) is 5.66. The van der Waals surface area contributed by atoms with E-state index in [1.165, 1.54) is 0 Å². The average Bonchev–Trinajstić information content (AvgIpc) is 2.05. The zero-order chi connectivity index (χ0) is 8.97. The van der Waals surface area contributed by atoms with Gasteiger partial charge in [0.25, 0.3) is 0 Å². The third-order valence-corrected chi connectivity index (χ3v) is 1.98. The molecule has 0 bridgehead atoms. The fraction of sp³-hybridized carbons (Fsp3) is 0.667. The Morgan fingerprint density at radius 2 is 2.50 bits per heavy atom. The molecule has 0 spiro atoms. The van der Waals surface area contributed by atoms with Crippen molar-refractivity contribution in [2.24, 2.45) is 11.7 Å². The summed E-state index contributed by atoms with van der Waals surface area (Å²) in [6.45, 7) is 2.27. The maximum atomic E-state index is 11.2. The van der Waals surface area contributed by atoms with Crippen LogP contribution in [0.1, 0.15) is 19.8 Å².